The molecule has 0 bridgehead atoms. The molecule has 0 saturated heterocycles. The summed E-state index contributed by atoms with van der Waals surface area (Å²) in [6.45, 7) is 4.45. The summed E-state index contributed by atoms with van der Waals surface area (Å²) >= 11 is 3.52. The normalized spacial score (nSPS) is 14.0. The van der Waals surface area contributed by atoms with E-state index < -0.39 is 5.97 Å². The van der Waals surface area contributed by atoms with Crippen LogP contribution in [0.2, 0.25) is 0 Å². The highest BCUT2D eigenvalue weighted by Gasteiger charge is 2.23. The van der Waals surface area contributed by atoms with Crippen molar-refractivity contribution in [1.29, 1.82) is 0 Å². The SMILES string of the molecule is CC(C)N(CCCC(=O)O)C(=O)c1cc2c(s1)CCSC2. The number of hydrogen-bond donors (Lipinski definition) is 1. The number of thioether (sulfide) groups is 1. The second-order valence-corrected chi connectivity index (χ2v) is 7.69. The summed E-state index contributed by atoms with van der Waals surface area (Å²) in [6.07, 6.45) is 1.66. The van der Waals surface area contributed by atoms with Crippen LogP contribution < -0.4 is 0 Å². The average Bonchev–Trinajstić information content (AvgIpc) is 2.86. The highest BCUT2D eigenvalue weighted by atomic mass is 32.2. The summed E-state index contributed by atoms with van der Waals surface area (Å²) in [4.78, 5) is 27.2. The van der Waals surface area contributed by atoms with Gasteiger partial charge in [0.05, 0.1) is 4.88 Å². The summed E-state index contributed by atoms with van der Waals surface area (Å²) < 4.78 is 0. The number of nitrogens with zero attached hydrogens (tertiary/aromatic N) is 1. The van der Waals surface area contributed by atoms with Gasteiger partial charge in [-0.3, -0.25) is 9.59 Å². The largest absolute Gasteiger partial charge is 0.481 e. The van der Waals surface area contributed by atoms with Crippen LogP contribution >= 0.6 is 23.1 Å². The first-order valence-corrected chi connectivity index (χ1v) is 9.18. The number of rotatable bonds is 6. The molecule has 2 heterocycles. The lowest BCUT2D eigenvalue weighted by atomic mass is 10.2. The van der Waals surface area contributed by atoms with Gasteiger partial charge in [0.15, 0.2) is 0 Å². The van der Waals surface area contributed by atoms with Crippen LogP contribution in [0.25, 0.3) is 0 Å². The first kappa shape index (κ1) is 16.4. The van der Waals surface area contributed by atoms with E-state index in [4.69, 9.17) is 5.11 Å². The molecule has 1 aliphatic heterocycles. The van der Waals surface area contributed by atoms with Crippen molar-refractivity contribution in [2.24, 2.45) is 0 Å². The van der Waals surface area contributed by atoms with Gasteiger partial charge in [0.1, 0.15) is 0 Å². The van der Waals surface area contributed by atoms with Gasteiger partial charge in [-0.05, 0) is 44.1 Å². The van der Waals surface area contributed by atoms with Crippen molar-refractivity contribution in [1.82, 2.24) is 4.90 Å². The number of fused-ring (bicyclic) bond motifs is 1. The zero-order valence-corrected chi connectivity index (χ0v) is 14.1. The highest BCUT2D eigenvalue weighted by molar-refractivity contribution is 7.98. The third-order valence-corrected chi connectivity index (χ3v) is 5.75. The van der Waals surface area contributed by atoms with Crippen molar-refractivity contribution in [3.63, 3.8) is 0 Å². The number of carboxylic acids is 1. The lowest BCUT2D eigenvalue weighted by molar-refractivity contribution is -0.137. The fourth-order valence-electron chi connectivity index (χ4n) is 2.39. The first-order chi connectivity index (χ1) is 9.99. The van der Waals surface area contributed by atoms with Gasteiger partial charge in [0, 0.05) is 29.6 Å². The lowest BCUT2D eigenvalue weighted by Gasteiger charge is -2.26. The number of hydrogen-bond acceptors (Lipinski definition) is 4. The Labute approximate surface area is 133 Å². The minimum atomic E-state index is -0.810. The smallest absolute Gasteiger partial charge is 0.303 e. The lowest BCUT2D eigenvalue weighted by Crippen LogP contribution is -2.37. The van der Waals surface area contributed by atoms with Crippen LogP contribution in [0.5, 0.6) is 0 Å². The van der Waals surface area contributed by atoms with E-state index in [1.165, 1.54) is 10.4 Å². The van der Waals surface area contributed by atoms with Gasteiger partial charge in [-0.2, -0.15) is 11.8 Å². The van der Waals surface area contributed by atoms with E-state index in [9.17, 15) is 9.59 Å². The van der Waals surface area contributed by atoms with E-state index in [2.05, 4.69) is 0 Å². The van der Waals surface area contributed by atoms with Crippen LogP contribution in [0.3, 0.4) is 0 Å². The van der Waals surface area contributed by atoms with E-state index in [-0.39, 0.29) is 18.4 Å². The standard InChI is InChI=1S/C15H21NO3S2/c1-10(2)16(6-3-4-14(17)18)15(19)13-8-11-9-20-7-5-12(11)21-13/h8,10H,3-7,9H2,1-2H3,(H,17,18). The summed E-state index contributed by atoms with van der Waals surface area (Å²) in [7, 11) is 0. The molecule has 6 heteroatoms. The van der Waals surface area contributed by atoms with Gasteiger partial charge in [-0.25, -0.2) is 0 Å². The minimum absolute atomic E-state index is 0.0415. The number of thiophene rings is 1. The van der Waals surface area contributed by atoms with Crippen molar-refractivity contribution in [2.45, 2.75) is 44.9 Å². The molecule has 1 aliphatic rings. The van der Waals surface area contributed by atoms with Crippen LogP contribution in [0.15, 0.2) is 6.07 Å². The summed E-state index contributed by atoms with van der Waals surface area (Å²) in [6, 6.07) is 2.11. The molecule has 21 heavy (non-hydrogen) atoms. The zero-order chi connectivity index (χ0) is 15.4. The molecule has 4 nitrogen and oxygen atoms in total. The predicted octanol–water partition coefficient (Wildman–Crippen LogP) is 3.25. The van der Waals surface area contributed by atoms with E-state index in [0.29, 0.717) is 13.0 Å². The zero-order valence-electron chi connectivity index (χ0n) is 12.4. The fraction of sp³-hybridized carbons (Fsp3) is 0.600. The van der Waals surface area contributed by atoms with Crippen LogP contribution in [-0.2, 0) is 17.0 Å². The Morgan fingerprint density at radius 1 is 1.43 bits per heavy atom. The summed E-state index contributed by atoms with van der Waals surface area (Å²) in [5.74, 6) is 1.36. The van der Waals surface area contributed by atoms with Gasteiger partial charge in [0.25, 0.3) is 5.91 Å². The highest BCUT2D eigenvalue weighted by Crippen LogP contribution is 2.32. The minimum Gasteiger partial charge on any atom is -0.481 e. The maximum absolute atomic E-state index is 12.7. The Morgan fingerprint density at radius 3 is 2.81 bits per heavy atom. The van der Waals surface area contributed by atoms with Crippen molar-refractivity contribution in [3.05, 3.63) is 21.4 Å². The van der Waals surface area contributed by atoms with E-state index in [1.807, 2.05) is 31.7 Å². The molecule has 0 spiro atoms. The maximum atomic E-state index is 12.7. The molecule has 116 valence electrons. The predicted molar refractivity (Wildman–Crippen MR) is 87.2 cm³/mol. The van der Waals surface area contributed by atoms with Crippen molar-refractivity contribution in [3.8, 4) is 0 Å². The Balaban J connectivity index is 2.06. The Bertz CT molecular complexity index is 501. The first-order valence-electron chi connectivity index (χ1n) is 7.21. The molecule has 2 rings (SSSR count). The Kier molecular flexibility index (Phi) is 5.70. The van der Waals surface area contributed by atoms with E-state index >= 15 is 0 Å². The molecule has 0 saturated carbocycles. The van der Waals surface area contributed by atoms with Gasteiger partial charge in [-0.15, -0.1) is 11.3 Å². The molecular weight excluding hydrogens is 306 g/mol. The Hall–Kier alpha value is -1.01. The second-order valence-electron chi connectivity index (χ2n) is 5.45. The van der Waals surface area contributed by atoms with Crippen molar-refractivity contribution >= 4 is 35.0 Å². The van der Waals surface area contributed by atoms with Gasteiger partial charge < -0.3 is 10.0 Å². The number of amides is 1. The Morgan fingerprint density at radius 2 is 2.19 bits per heavy atom. The van der Waals surface area contributed by atoms with Crippen molar-refractivity contribution < 1.29 is 14.7 Å². The monoisotopic (exact) mass is 327 g/mol. The molecule has 0 radical (unpaired) electrons. The number of aliphatic carboxylic acids is 1. The van der Waals surface area contributed by atoms with Crippen LogP contribution in [-0.4, -0.2) is 40.2 Å². The van der Waals surface area contributed by atoms with Crippen molar-refractivity contribution in [2.75, 3.05) is 12.3 Å². The molecule has 0 fully saturated rings. The third kappa shape index (κ3) is 4.23. The maximum Gasteiger partial charge on any atom is 0.303 e. The average molecular weight is 327 g/mol. The molecule has 0 aromatic carbocycles. The third-order valence-electron chi connectivity index (χ3n) is 3.51. The second kappa shape index (κ2) is 7.31. The van der Waals surface area contributed by atoms with Crippen LogP contribution in [0.4, 0.5) is 0 Å². The summed E-state index contributed by atoms with van der Waals surface area (Å²) in [5.41, 5.74) is 1.30. The van der Waals surface area contributed by atoms with Gasteiger partial charge in [0.2, 0.25) is 0 Å². The van der Waals surface area contributed by atoms with Crippen LogP contribution in [0, 0.1) is 0 Å². The molecular formula is C15H21NO3S2. The number of aryl methyl sites for hydroxylation is 1. The molecule has 0 unspecified atom stereocenters. The van der Waals surface area contributed by atoms with Gasteiger partial charge >= 0.3 is 5.97 Å². The fourth-order valence-corrected chi connectivity index (χ4v) is 4.72. The molecule has 1 aromatic heterocycles. The van der Waals surface area contributed by atoms with Gasteiger partial charge in [-0.1, -0.05) is 0 Å². The van der Waals surface area contributed by atoms with E-state index in [1.54, 1.807) is 16.2 Å². The molecule has 1 amide bonds. The topological polar surface area (TPSA) is 57.6 Å². The number of carbonyl (C=O) groups excluding carboxylic acids is 1. The van der Waals surface area contributed by atoms with Crippen LogP contribution in [0.1, 0.15) is 46.8 Å². The number of carboxylic acid groups (broad SMARTS) is 1. The quantitative estimate of drug-likeness (QED) is 0.871. The number of carbonyl (C=O) groups is 2. The summed E-state index contributed by atoms with van der Waals surface area (Å²) in [5, 5.41) is 8.73. The molecule has 0 atom stereocenters. The molecule has 0 aliphatic carbocycles. The van der Waals surface area contributed by atoms with E-state index in [0.717, 1.165) is 22.8 Å². The molecule has 1 aromatic rings. The molecule has 1 N–H and O–H groups in total.